The second-order valence-corrected chi connectivity index (χ2v) is 15.2. The van der Waals surface area contributed by atoms with Gasteiger partial charge in [0.05, 0.1) is 0 Å². The van der Waals surface area contributed by atoms with Crippen LogP contribution < -0.4 is 0 Å². The van der Waals surface area contributed by atoms with Crippen LogP contribution in [-0.2, 0) is 17.1 Å². The Morgan fingerprint density at radius 3 is 1.48 bits per heavy atom. The zero-order valence-corrected chi connectivity index (χ0v) is 21.0. The zero-order valence-electron chi connectivity index (χ0n) is 16.7. The van der Waals surface area contributed by atoms with Gasteiger partial charge < -0.3 is 0 Å². The Balaban J connectivity index is 1.92. The molecule has 0 saturated heterocycles. The van der Waals surface area contributed by atoms with E-state index in [1.165, 1.54) is 13.8 Å². The number of benzene rings is 4. The first kappa shape index (κ1) is 20.7. The molecule has 7 heteroatoms. The molecule has 0 fully saturated rings. The van der Waals surface area contributed by atoms with Gasteiger partial charge in [0, 0.05) is 0 Å². The van der Waals surface area contributed by atoms with Crippen LogP contribution in [-0.4, -0.2) is 11.9 Å². The van der Waals surface area contributed by atoms with Gasteiger partial charge in [-0.25, -0.2) is 0 Å². The predicted molar refractivity (Wildman–Crippen MR) is 137 cm³/mol. The number of hydrogen-bond acceptors (Lipinski definition) is 5. The van der Waals surface area contributed by atoms with E-state index in [2.05, 4.69) is 24.3 Å². The molecule has 0 radical (unpaired) electrons. The molecule has 5 nitrogen and oxygen atoms in total. The minimum atomic E-state index is -2.90. The normalized spacial score (nSPS) is 15.2. The Morgan fingerprint density at radius 2 is 1.06 bits per heavy atom. The Bertz CT molecular complexity index is 1250. The first-order valence-electron chi connectivity index (χ1n) is 9.54. The van der Waals surface area contributed by atoms with Gasteiger partial charge in [0.1, 0.15) is 0 Å². The summed E-state index contributed by atoms with van der Waals surface area (Å²) in [5, 5.41) is 4.31. The third kappa shape index (κ3) is 3.79. The average Bonchev–Trinajstić information content (AvgIpc) is 2.88. The molecule has 1 heterocycles. The molecule has 1 aliphatic rings. The summed E-state index contributed by atoms with van der Waals surface area (Å²) in [6, 6.07) is 24.4. The number of carbonyl (C=O) groups excluding carboxylic acids is 2. The third-order valence-electron chi connectivity index (χ3n) is 4.80. The molecular weight excluding hydrogens is 622 g/mol. The van der Waals surface area contributed by atoms with E-state index in [4.69, 9.17) is 7.53 Å². The zero-order chi connectivity index (χ0) is 21.5. The number of fused-ring (bicyclic) bond motifs is 7. The van der Waals surface area contributed by atoms with Crippen molar-refractivity contribution in [2.45, 2.75) is 13.8 Å². The molecule has 0 amide bonds. The van der Waals surface area contributed by atoms with E-state index in [1.807, 2.05) is 48.5 Å². The van der Waals surface area contributed by atoms with Crippen molar-refractivity contribution in [2.75, 3.05) is 0 Å². The summed E-state index contributed by atoms with van der Waals surface area (Å²) in [5.74, 6) is -0.780. The summed E-state index contributed by atoms with van der Waals surface area (Å²) in [4.78, 5) is 23.9. The summed E-state index contributed by atoms with van der Waals surface area (Å²) in [7, 11) is 0. The van der Waals surface area contributed by atoms with Gasteiger partial charge in [-0.05, 0) is 0 Å². The van der Waals surface area contributed by atoms with Crippen LogP contribution in [0.4, 0.5) is 0 Å². The van der Waals surface area contributed by atoms with E-state index in [0.29, 0.717) is 0 Å². The van der Waals surface area contributed by atoms with Crippen LogP contribution in [0.25, 0.3) is 32.7 Å². The van der Waals surface area contributed by atoms with Crippen molar-refractivity contribution in [1.29, 1.82) is 0 Å². The van der Waals surface area contributed by atoms with Crippen molar-refractivity contribution in [3.63, 3.8) is 0 Å². The van der Waals surface area contributed by atoms with E-state index in [9.17, 15) is 9.59 Å². The maximum absolute atomic E-state index is 12.0. The van der Waals surface area contributed by atoms with Crippen molar-refractivity contribution in [3.8, 4) is 11.1 Å². The fraction of sp³-hybridized carbons (Fsp3) is 0.0833. The van der Waals surface area contributed by atoms with Gasteiger partial charge >= 0.3 is 197 Å². The van der Waals surface area contributed by atoms with Crippen LogP contribution in [0, 0.1) is 7.14 Å². The first-order chi connectivity index (χ1) is 15.0. The molecular formula is C24H18I2O5. The molecule has 158 valence electrons. The number of hydrogen-bond donors (Lipinski definition) is 0. The van der Waals surface area contributed by atoms with Crippen LogP contribution in [0.3, 0.4) is 0 Å². The Hall–Kier alpha value is -2.24. The van der Waals surface area contributed by atoms with Gasteiger partial charge in [0.2, 0.25) is 0 Å². The average molecular weight is 640 g/mol. The fourth-order valence-corrected chi connectivity index (χ4v) is 14.1. The van der Waals surface area contributed by atoms with Gasteiger partial charge in [-0.1, -0.05) is 0 Å². The van der Waals surface area contributed by atoms with E-state index in [0.717, 1.165) is 39.8 Å². The van der Waals surface area contributed by atoms with Crippen LogP contribution in [0.15, 0.2) is 72.8 Å². The summed E-state index contributed by atoms with van der Waals surface area (Å²) < 4.78 is 19.7. The Labute approximate surface area is 195 Å². The topological polar surface area (TPSA) is 61.8 Å². The molecule has 0 N–H and O–H groups in total. The second-order valence-electron chi connectivity index (χ2n) is 6.92. The summed E-state index contributed by atoms with van der Waals surface area (Å²) in [6.07, 6.45) is 0. The molecule has 0 atom stereocenters. The molecule has 1 aliphatic heterocycles. The van der Waals surface area contributed by atoms with Crippen LogP contribution >= 0.6 is 41.3 Å². The number of halogens is 2. The number of carbonyl (C=O) groups is 2. The van der Waals surface area contributed by atoms with Gasteiger partial charge in [-0.3, -0.25) is 0 Å². The first-order valence-corrected chi connectivity index (χ1v) is 15.2. The van der Waals surface area contributed by atoms with Crippen molar-refractivity contribution < 1.29 is 17.1 Å². The fourth-order valence-electron chi connectivity index (χ4n) is 3.67. The monoisotopic (exact) mass is 640 g/mol. The maximum atomic E-state index is 12.0. The number of rotatable bonds is 2. The van der Waals surface area contributed by atoms with Gasteiger partial charge in [-0.15, -0.1) is 0 Å². The molecule has 31 heavy (non-hydrogen) atoms. The summed E-state index contributed by atoms with van der Waals surface area (Å²) in [5.41, 5.74) is 2.03. The van der Waals surface area contributed by atoms with Gasteiger partial charge in [-0.2, -0.15) is 0 Å². The molecule has 4 aromatic rings. The van der Waals surface area contributed by atoms with Gasteiger partial charge in [0.25, 0.3) is 0 Å². The molecule has 0 saturated carbocycles. The Kier molecular flexibility index (Phi) is 5.57. The molecule has 0 spiro atoms. The van der Waals surface area contributed by atoms with Gasteiger partial charge in [0.15, 0.2) is 0 Å². The summed E-state index contributed by atoms with van der Waals surface area (Å²) >= 11 is -5.79. The Morgan fingerprint density at radius 1 is 0.645 bits per heavy atom. The van der Waals surface area contributed by atoms with Crippen molar-refractivity contribution >= 4 is 74.8 Å². The standard InChI is InChI=1S/C24H18I2O5/c1-15(27)29-25-21-13-11-17-7-3-5-9-19(17)23(21)24-20-10-6-4-8-18(20)12-14-22(24)26(31-25)30-16(2)28/h3-14H,1-2H3. The molecule has 5 rings (SSSR count). The van der Waals surface area contributed by atoms with Crippen molar-refractivity contribution in [1.82, 2.24) is 0 Å². The molecule has 0 bridgehead atoms. The quantitative estimate of drug-likeness (QED) is 0.225. The summed E-state index contributed by atoms with van der Waals surface area (Å²) in [6.45, 7) is 2.78. The van der Waals surface area contributed by atoms with Crippen molar-refractivity contribution in [3.05, 3.63) is 79.9 Å². The van der Waals surface area contributed by atoms with Crippen molar-refractivity contribution in [2.24, 2.45) is 0 Å². The molecule has 0 unspecified atom stereocenters. The minimum absolute atomic E-state index is 0.390. The van der Waals surface area contributed by atoms with E-state index in [-0.39, 0.29) is 0 Å². The SMILES string of the molecule is CC(=O)OI1OI(OC(C)=O)c2ccc3ccccc3c2-c2c1ccc1ccccc21. The van der Waals surface area contributed by atoms with E-state index < -0.39 is 53.2 Å². The van der Waals surface area contributed by atoms with E-state index >= 15 is 0 Å². The molecule has 4 aromatic carbocycles. The second kappa shape index (κ2) is 8.36. The van der Waals surface area contributed by atoms with Crippen LogP contribution in [0.5, 0.6) is 0 Å². The van der Waals surface area contributed by atoms with E-state index in [1.54, 1.807) is 0 Å². The van der Waals surface area contributed by atoms with Crippen LogP contribution in [0.2, 0.25) is 0 Å². The molecule has 0 aromatic heterocycles. The molecule has 0 aliphatic carbocycles. The third-order valence-corrected chi connectivity index (χ3v) is 15.2. The van der Waals surface area contributed by atoms with Crippen LogP contribution in [0.1, 0.15) is 13.8 Å². The predicted octanol–water partition coefficient (Wildman–Crippen LogP) is 6.83.